The number of thiocarbonyl (C=S) groups is 1. The third-order valence-corrected chi connectivity index (χ3v) is 6.49. The van der Waals surface area contributed by atoms with Gasteiger partial charge in [0.2, 0.25) is 5.91 Å². The molecule has 1 fully saturated rings. The van der Waals surface area contributed by atoms with Crippen LogP contribution in [0.2, 0.25) is 15.1 Å². The van der Waals surface area contributed by atoms with Gasteiger partial charge in [-0.25, -0.2) is 0 Å². The van der Waals surface area contributed by atoms with E-state index in [1.807, 2.05) is 19.1 Å². The van der Waals surface area contributed by atoms with Gasteiger partial charge in [0.25, 0.3) is 0 Å². The molecule has 0 N–H and O–H groups in total. The number of rotatable bonds is 6. The number of carbonyl (C=O) groups excluding carboxylic acids is 1. The Kier molecular flexibility index (Phi) is 6.93. The molecular weight excluding hydrogens is 445 g/mol. The molecule has 1 aliphatic heterocycles. The fourth-order valence-electron chi connectivity index (χ4n) is 2.73. The van der Waals surface area contributed by atoms with Crippen molar-refractivity contribution in [2.45, 2.75) is 25.2 Å². The van der Waals surface area contributed by atoms with E-state index in [2.05, 4.69) is 0 Å². The van der Waals surface area contributed by atoms with Crippen molar-refractivity contribution in [2.24, 2.45) is 0 Å². The summed E-state index contributed by atoms with van der Waals surface area (Å²) in [5.41, 5.74) is 1.83. The molecule has 0 unspecified atom stereocenters. The second-order valence-corrected chi connectivity index (χ2v) is 9.05. The summed E-state index contributed by atoms with van der Waals surface area (Å²) in [7, 11) is 0. The van der Waals surface area contributed by atoms with E-state index in [1.54, 1.807) is 29.2 Å². The molecule has 0 aromatic heterocycles. The Hall–Kier alpha value is -0.980. The highest BCUT2D eigenvalue weighted by Crippen LogP contribution is 2.37. The van der Waals surface area contributed by atoms with E-state index in [0.717, 1.165) is 11.1 Å². The topological polar surface area (TPSA) is 29.5 Å². The molecule has 1 atom stereocenters. The lowest BCUT2D eigenvalue weighted by Crippen LogP contribution is -2.31. The van der Waals surface area contributed by atoms with Gasteiger partial charge in [0.15, 0.2) is 5.75 Å². The SMILES string of the molecule is CCN1C(=O)[C@@H](Cc2cc(Cl)c(OCc3ccc(Cl)cc3)c(Cl)c2)SC1=S. The van der Waals surface area contributed by atoms with Crippen molar-refractivity contribution in [3.05, 3.63) is 62.6 Å². The van der Waals surface area contributed by atoms with Gasteiger partial charge < -0.3 is 4.74 Å². The molecule has 0 saturated carbocycles. The van der Waals surface area contributed by atoms with Crippen LogP contribution < -0.4 is 4.74 Å². The predicted octanol–water partition coefficient (Wildman–Crippen LogP) is 6.02. The fraction of sp³-hybridized carbons (Fsp3) is 0.263. The molecule has 1 heterocycles. The van der Waals surface area contributed by atoms with Gasteiger partial charge in [-0.15, -0.1) is 0 Å². The number of carbonyl (C=O) groups is 1. The molecule has 8 heteroatoms. The van der Waals surface area contributed by atoms with Crippen LogP contribution in [0.3, 0.4) is 0 Å². The monoisotopic (exact) mass is 459 g/mol. The number of ether oxygens (including phenoxy) is 1. The first-order valence-electron chi connectivity index (χ1n) is 8.26. The van der Waals surface area contributed by atoms with E-state index >= 15 is 0 Å². The van der Waals surface area contributed by atoms with Gasteiger partial charge in [-0.3, -0.25) is 9.69 Å². The minimum Gasteiger partial charge on any atom is -0.486 e. The fourth-order valence-corrected chi connectivity index (χ4v) is 5.16. The Morgan fingerprint density at radius 3 is 2.30 bits per heavy atom. The van der Waals surface area contributed by atoms with Crippen molar-refractivity contribution < 1.29 is 9.53 Å². The minimum absolute atomic E-state index is 0.0304. The summed E-state index contributed by atoms with van der Waals surface area (Å²) >= 11 is 25.3. The standard InChI is InChI=1S/C19H16Cl3NO2S2/c1-2-23-18(24)16(27-19(23)26)9-12-7-14(21)17(15(22)8-12)25-10-11-3-5-13(20)6-4-11/h3-8,16H,2,9-10H2,1H3/t16-/m1/s1. The lowest BCUT2D eigenvalue weighted by Gasteiger charge is -2.14. The van der Waals surface area contributed by atoms with Crippen molar-refractivity contribution in [1.82, 2.24) is 4.90 Å². The van der Waals surface area contributed by atoms with Crippen molar-refractivity contribution >= 4 is 69.0 Å². The van der Waals surface area contributed by atoms with Crippen LogP contribution in [0.5, 0.6) is 5.75 Å². The largest absolute Gasteiger partial charge is 0.486 e. The van der Waals surface area contributed by atoms with E-state index in [9.17, 15) is 4.79 Å². The summed E-state index contributed by atoms with van der Waals surface area (Å²) in [5, 5.41) is 1.25. The van der Waals surface area contributed by atoms with E-state index in [4.69, 9.17) is 51.8 Å². The van der Waals surface area contributed by atoms with Crippen LogP contribution in [0.25, 0.3) is 0 Å². The summed E-state index contributed by atoms with van der Waals surface area (Å²) in [6.07, 6.45) is 0.511. The van der Waals surface area contributed by atoms with Gasteiger partial charge in [0, 0.05) is 11.6 Å². The van der Waals surface area contributed by atoms with Crippen LogP contribution >= 0.6 is 58.8 Å². The molecule has 0 aliphatic carbocycles. The van der Waals surface area contributed by atoms with Gasteiger partial charge in [-0.05, 0) is 48.7 Å². The highest BCUT2D eigenvalue weighted by atomic mass is 35.5. The first-order chi connectivity index (χ1) is 12.9. The summed E-state index contributed by atoms with van der Waals surface area (Å²) in [6, 6.07) is 10.9. The number of hydrogen-bond donors (Lipinski definition) is 0. The average Bonchev–Trinajstić information content (AvgIpc) is 2.88. The van der Waals surface area contributed by atoms with Crippen LogP contribution in [-0.2, 0) is 17.8 Å². The summed E-state index contributed by atoms with van der Waals surface area (Å²) < 4.78 is 6.40. The zero-order chi connectivity index (χ0) is 19.6. The maximum absolute atomic E-state index is 12.4. The average molecular weight is 461 g/mol. The normalized spacial score (nSPS) is 16.9. The third-order valence-electron chi connectivity index (χ3n) is 4.10. The Morgan fingerprint density at radius 1 is 1.11 bits per heavy atom. The highest BCUT2D eigenvalue weighted by Gasteiger charge is 2.35. The van der Waals surface area contributed by atoms with E-state index in [-0.39, 0.29) is 11.2 Å². The van der Waals surface area contributed by atoms with Crippen LogP contribution in [-0.4, -0.2) is 26.9 Å². The van der Waals surface area contributed by atoms with Gasteiger partial charge in [-0.1, -0.05) is 70.9 Å². The lowest BCUT2D eigenvalue weighted by molar-refractivity contribution is -0.125. The molecule has 142 valence electrons. The number of halogens is 3. The van der Waals surface area contributed by atoms with Crippen LogP contribution in [0.4, 0.5) is 0 Å². The predicted molar refractivity (Wildman–Crippen MR) is 117 cm³/mol. The second-order valence-electron chi connectivity index (χ2n) is 5.96. The molecular formula is C19H16Cl3NO2S2. The molecule has 0 radical (unpaired) electrons. The van der Waals surface area contributed by atoms with E-state index < -0.39 is 0 Å². The molecule has 2 aromatic carbocycles. The Bertz CT molecular complexity index is 851. The molecule has 0 spiro atoms. The molecule has 3 nitrogen and oxygen atoms in total. The van der Waals surface area contributed by atoms with Crippen molar-refractivity contribution in [3.63, 3.8) is 0 Å². The van der Waals surface area contributed by atoms with Crippen molar-refractivity contribution in [1.29, 1.82) is 0 Å². The first-order valence-corrected chi connectivity index (χ1v) is 10.7. The maximum atomic E-state index is 12.4. The molecule has 27 heavy (non-hydrogen) atoms. The molecule has 3 rings (SSSR count). The van der Waals surface area contributed by atoms with E-state index in [0.29, 0.717) is 44.7 Å². The zero-order valence-electron chi connectivity index (χ0n) is 14.4. The molecule has 0 bridgehead atoms. The van der Waals surface area contributed by atoms with Gasteiger partial charge in [0.05, 0.1) is 15.3 Å². The van der Waals surface area contributed by atoms with E-state index in [1.165, 1.54) is 11.8 Å². The second kappa shape index (κ2) is 9.01. The molecule has 1 saturated heterocycles. The van der Waals surface area contributed by atoms with Crippen LogP contribution in [0, 0.1) is 0 Å². The van der Waals surface area contributed by atoms with Gasteiger partial charge >= 0.3 is 0 Å². The summed E-state index contributed by atoms with van der Waals surface area (Å²) in [4.78, 5) is 14.0. The number of amides is 1. The molecule has 1 aliphatic rings. The maximum Gasteiger partial charge on any atom is 0.241 e. The van der Waals surface area contributed by atoms with Crippen LogP contribution in [0.1, 0.15) is 18.1 Å². The minimum atomic E-state index is -0.245. The molecule has 1 amide bonds. The number of thioether (sulfide) groups is 1. The first kappa shape index (κ1) is 20.7. The highest BCUT2D eigenvalue weighted by molar-refractivity contribution is 8.24. The zero-order valence-corrected chi connectivity index (χ0v) is 18.3. The number of hydrogen-bond acceptors (Lipinski definition) is 4. The molecule has 2 aromatic rings. The van der Waals surface area contributed by atoms with Crippen molar-refractivity contribution in [3.8, 4) is 5.75 Å². The summed E-state index contributed by atoms with van der Waals surface area (Å²) in [6.45, 7) is 2.82. The van der Waals surface area contributed by atoms with Crippen molar-refractivity contribution in [2.75, 3.05) is 6.54 Å². The van der Waals surface area contributed by atoms with Gasteiger partial charge in [-0.2, -0.15) is 0 Å². The Labute approximate surface area is 182 Å². The quantitative estimate of drug-likeness (QED) is 0.493. The Balaban J connectivity index is 1.70. The van der Waals surface area contributed by atoms with Crippen LogP contribution in [0.15, 0.2) is 36.4 Å². The Morgan fingerprint density at radius 2 is 1.74 bits per heavy atom. The smallest absolute Gasteiger partial charge is 0.241 e. The summed E-state index contributed by atoms with van der Waals surface area (Å²) in [5.74, 6) is 0.455. The number of benzene rings is 2. The lowest BCUT2D eigenvalue weighted by atomic mass is 10.1. The third kappa shape index (κ3) is 4.90. The van der Waals surface area contributed by atoms with Gasteiger partial charge in [0.1, 0.15) is 10.9 Å². The number of nitrogens with zero attached hydrogens (tertiary/aromatic N) is 1.